The van der Waals surface area contributed by atoms with Crippen molar-refractivity contribution in [2.45, 2.75) is 38.3 Å². The maximum atomic E-state index is 14.8. The Morgan fingerprint density at radius 2 is 1.83 bits per heavy atom. The van der Waals surface area contributed by atoms with Crippen LogP contribution >= 0.6 is 11.6 Å². The molecule has 2 fully saturated rings. The van der Waals surface area contributed by atoms with Crippen molar-refractivity contribution < 1.29 is 17.6 Å². The molecule has 36 heavy (non-hydrogen) atoms. The number of piperazine rings is 1. The van der Waals surface area contributed by atoms with E-state index in [1.807, 2.05) is 4.90 Å². The van der Waals surface area contributed by atoms with Gasteiger partial charge in [-0.1, -0.05) is 11.6 Å². The number of guanidine groups is 1. The van der Waals surface area contributed by atoms with E-state index in [9.17, 15) is 17.6 Å². The third kappa shape index (κ3) is 4.99. The van der Waals surface area contributed by atoms with E-state index in [1.54, 1.807) is 17.0 Å². The number of benzene rings is 1. The van der Waals surface area contributed by atoms with Gasteiger partial charge in [-0.05, 0) is 50.1 Å². The fourth-order valence-electron chi connectivity index (χ4n) is 4.83. The molecule has 5 rings (SSSR count). The standard InChI is InChI=1S/C24H26ClF4N7/c1-15-4-3-9-36(15)23-32-20(17-7-6-16(25)14-19(17)26)31-22(33-23)35-12-10-34(11-13-35)21-18(24(27,28)29)5-2-8-30-21/h2,5-8,14-15,22H,3-4,9-13H2,1H3,(H,31,32,33). The first kappa shape index (κ1) is 24.8. The Bertz CT molecular complexity index is 1180. The Balaban J connectivity index is 1.39. The zero-order valence-corrected chi connectivity index (χ0v) is 20.4. The van der Waals surface area contributed by atoms with Crippen LogP contribution < -0.4 is 10.2 Å². The Morgan fingerprint density at radius 1 is 1.06 bits per heavy atom. The van der Waals surface area contributed by atoms with Gasteiger partial charge in [0.15, 0.2) is 0 Å². The van der Waals surface area contributed by atoms with Crippen molar-refractivity contribution in [3.8, 4) is 0 Å². The van der Waals surface area contributed by atoms with Crippen LogP contribution in [0.15, 0.2) is 46.5 Å². The number of rotatable bonds is 3. The van der Waals surface area contributed by atoms with Gasteiger partial charge in [0.1, 0.15) is 17.5 Å². The summed E-state index contributed by atoms with van der Waals surface area (Å²) < 4.78 is 55.3. The Labute approximate surface area is 211 Å². The molecule has 1 aromatic carbocycles. The molecule has 0 amide bonds. The number of amidine groups is 1. The molecule has 12 heteroatoms. The smallest absolute Gasteiger partial charge is 0.354 e. The van der Waals surface area contributed by atoms with Crippen molar-refractivity contribution in [3.63, 3.8) is 0 Å². The predicted molar refractivity (Wildman–Crippen MR) is 131 cm³/mol. The molecule has 2 unspecified atom stereocenters. The Morgan fingerprint density at radius 3 is 2.50 bits per heavy atom. The highest BCUT2D eigenvalue weighted by Gasteiger charge is 2.37. The summed E-state index contributed by atoms with van der Waals surface area (Å²) in [6, 6.07) is 7.03. The number of anilines is 1. The fraction of sp³-hybridized carbons (Fsp3) is 0.458. The van der Waals surface area contributed by atoms with Gasteiger partial charge < -0.3 is 15.1 Å². The van der Waals surface area contributed by atoms with E-state index in [0.29, 0.717) is 38.0 Å². The molecule has 0 saturated carbocycles. The van der Waals surface area contributed by atoms with Gasteiger partial charge in [0.25, 0.3) is 0 Å². The van der Waals surface area contributed by atoms with E-state index in [2.05, 4.69) is 27.1 Å². The van der Waals surface area contributed by atoms with Gasteiger partial charge in [-0.25, -0.2) is 19.4 Å². The van der Waals surface area contributed by atoms with Gasteiger partial charge in [0, 0.05) is 50.0 Å². The molecule has 2 atom stereocenters. The molecular formula is C24H26ClF4N7. The van der Waals surface area contributed by atoms with Crippen LogP contribution in [0, 0.1) is 5.82 Å². The SMILES string of the molecule is CC1CCCN1C1=NC(N2CCN(c3ncccc3C(F)(F)F)CC2)N=C(c2ccc(Cl)cc2F)N1. The van der Waals surface area contributed by atoms with Gasteiger partial charge in [-0.3, -0.25) is 4.90 Å². The van der Waals surface area contributed by atoms with Crippen LogP contribution in [0.2, 0.25) is 5.02 Å². The molecule has 0 radical (unpaired) electrons. The number of likely N-dealkylation sites (tertiary alicyclic amines) is 1. The lowest BCUT2D eigenvalue weighted by molar-refractivity contribution is -0.137. The number of aliphatic imine (C=N–C) groups is 2. The Kier molecular flexibility index (Phi) is 6.78. The number of halogens is 5. The molecule has 0 aliphatic carbocycles. The third-order valence-corrected chi connectivity index (χ3v) is 6.99. The van der Waals surface area contributed by atoms with E-state index in [4.69, 9.17) is 16.6 Å². The van der Waals surface area contributed by atoms with E-state index in [1.165, 1.54) is 18.3 Å². The first-order chi connectivity index (χ1) is 17.2. The largest absolute Gasteiger partial charge is 0.419 e. The minimum Gasteiger partial charge on any atom is -0.354 e. The second kappa shape index (κ2) is 9.85. The monoisotopic (exact) mass is 523 g/mol. The van der Waals surface area contributed by atoms with Crippen molar-refractivity contribution >= 4 is 29.2 Å². The minimum absolute atomic E-state index is 0.0718. The van der Waals surface area contributed by atoms with Crippen molar-refractivity contribution in [1.29, 1.82) is 0 Å². The third-order valence-electron chi connectivity index (χ3n) is 6.76. The van der Waals surface area contributed by atoms with Crippen molar-refractivity contribution in [2.75, 3.05) is 37.6 Å². The number of nitrogens with zero attached hydrogens (tertiary/aromatic N) is 6. The summed E-state index contributed by atoms with van der Waals surface area (Å²) in [7, 11) is 0. The highest BCUT2D eigenvalue weighted by molar-refractivity contribution is 6.30. The van der Waals surface area contributed by atoms with Crippen molar-refractivity contribution in [3.05, 3.63) is 58.5 Å². The van der Waals surface area contributed by atoms with Gasteiger partial charge >= 0.3 is 6.18 Å². The molecule has 1 N–H and O–H groups in total. The van der Waals surface area contributed by atoms with Crippen LogP contribution in [0.4, 0.5) is 23.4 Å². The summed E-state index contributed by atoms with van der Waals surface area (Å²) in [4.78, 5) is 19.3. The number of nitrogens with one attached hydrogen (secondary N) is 1. The van der Waals surface area contributed by atoms with Crippen LogP contribution in [0.25, 0.3) is 0 Å². The summed E-state index contributed by atoms with van der Waals surface area (Å²) in [5, 5.41) is 3.49. The summed E-state index contributed by atoms with van der Waals surface area (Å²) >= 11 is 5.94. The highest BCUT2D eigenvalue weighted by Crippen LogP contribution is 2.35. The van der Waals surface area contributed by atoms with Crippen LogP contribution in [0.1, 0.15) is 30.9 Å². The number of hydrogen-bond donors (Lipinski definition) is 1. The molecule has 192 valence electrons. The first-order valence-electron chi connectivity index (χ1n) is 11.9. The fourth-order valence-corrected chi connectivity index (χ4v) is 4.99. The van der Waals surface area contributed by atoms with Crippen LogP contribution in [0.5, 0.6) is 0 Å². The molecule has 0 bridgehead atoms. The molecule has 4 heterocycles. The number of pyridine rings is 1. The van der Waals surface area contributed by atoms with Gasteiger partial charge in [0.2, 0.25) is 12.2 Å². The zero-order chi connectivity index (χ0) is 25.4. The number of hydrogen-bond acceptors (Lipinski definition) is 7. The number of aromatic nitrogens is 1. The normalized spacial score (nSPS) is 23.4. The van der Waals surface area contributed by atoms with E-state index in [-0.39, 0.29) is 22.4 Å². The Hall–Kier alpha value is -2.92. The maximum absolute atomic E-state index is 14.8. The lowest BCUT2D eigenvalue weighted by Gasteiger charge is -2.39. The van der Waals surface area contributed by atoms with Crippen molar-refractivity contribution in [2.24, 2.45) is 9.98 Å². The molecule has 7 nitrogen and oxygen atoms in total. The maximum Gasteiger partial charge on any atom is 0.419 e. The highest BCUT2D eigenvalue weighted by atomic mass is 35.5. The average Bonchev–Trinajstić information content (AvgIpc) is 3.29. The van der Waals surface area contributed by atoms with Crippen LogP contribution in [0.3, 0.4) is 0 Å². The van der Waals surface area contributed by atoms with E-state index < -0.39 is 23.8 Å². The molecule has 0 spiro atoms. The first-order valence-corrected chi connectivity index (χ1v) is 12.2. The average molecular weight is 524 g/mol. The second-order valence-corrected chi connectivity index (χ2v) is 9.54. The van der Waals surface area contributed by atoms with E-state index >= 15 is 0 Å². The molecule has 3 aliphatic rings. The summed E-state index contributed by atoms with van der Waals surface area (Å²) in [6.45, 7) is 4.44. The molecule has 1 aromatic heterocycles. The molecule has 2 saturated heterocycles. The zero-order valence-electron chi connectivity index (χ0n) is 19.6. The summed E-state index contributed by atoms with van der Waals surface area (Å²) in [5.74, 6) is 0.404. The summed E-state index contributed by atoms with van der Waals surface area (Å²) in [6.07, 6.45) is -1.69. The number of alkyl halides is 3. The van der Waals surface area contributed by atoms with Gasteiger partial charge in [0.05, 0.1) is 11.1 Å². The topological polar surface area (TPSA) is 59.4 Å². The predicted octanol–water partition coefficient (Wildman–Crippen LogP) is 4.19. The van der Waals surface area contributed by atoms with Crippen LogP contribution in [-0.4, -0.2) is 71.6 Å². The van der Waals surface area contributed by atoms with E-state index in [0.717, 1.165) is 25.5 Å². The lowest BCUT2D eigenvalue weighted by Crippen LogP contribution is -2.55. The van der Waals surface area contributed by atoms with Gasteiger partial charge in [-0.15, -0.1) is 0 Å². The van der Waals surface area contributed by atoms with Gasteiger partial charge in [-0.2, -0.15) is 13.2 Å². The van der Waals surface area contributed by atoms with Crippen molar-refractivity contribution in [1.82, 2.24) is 20.1 Å². The van der Waals surface area contributed by atoms with Crippen LogP contribution in [-0.2, 0) is 6.18 Å². The second-order valence-electron chi connectivity index (χ2n) is 9.11. The quantitative estimate of drug-likeness (QED) is 0.611. The summed E-state index contributed by atoms with van der Waals surface area (Å²) in [5.41, 5.74) is -0.465. The minimum atomic E-state index is -4.48. The molecule has 3 aliphatic heterocycles. The molecule has 2 aromatic rings. The molecular weight excluding hydrogens is 498 g/mol. The lowest BCUT2D eigenvalue weighted by atomic mass is 10.2.